The number of benzene rings is 2. The fourth-order valence-corrected chi connectivity index (χ4v) is 7.61. The average Bonchev–Trinajstić information content (AvgIpc) is 3.65. The van der Waals surface area contributed by atoms with E-state index < -0.39 is 70.8 Å². The number of para-hydroxylation sites is 1. The molecule has 5 atom stereocenters. The van der Waals surface area contributed by atoms with Crippen molar-refractivity contribution in [2.24, 2.45) is 0 Å². The van der Waals surface area contributed by atoms with Crippen molar-refractivity contribution >= 4 is 38.8 Å². The molecule has 4 N–H and O–H groups in total. The van der Waals surface area contributed by atoms with Gasteiger partial charge in [-0.1, -0.05) is 30.3 Å². The Morgan fingerprint density at radius 1 is 1.10 bits per heavy atom. The molecular formula is C29H32N4O13P2. The molecule has 0 bridgehead atoms. The molecular weight excluding hydrogens is 674 g/mol. The summed E-state index contributed by atoms with van der Waals surface area (Å²) in [4.78, 5) is 61.7. The van der Waals surface area contributed by atoms with Crippen molar-refractivity contribution in [1.82, 2.24) is 14.0 Å². The molecule has 0 aliphatic carbocycles. The van der Waals surface area contributed by atoms with Gasteiger partial charge in [-0.3, -0.25) is 28.2 Å². The van der Waals surface area contributed by atoms with Crippen molar-refractivity contribution < 1.29 is 56.7 Å². The van der Waals surface area contributed by atoms with Crippen LogP contribution in [0.2, 0.25) is 0 Å². The van der Waals surface area contributed by atoms with E-state index in [1.165, 1.54) is 22.3 Å². The lowest BCUT2D eigenvalue weighted by Gasteiger charge is -2.21. The standard InChI is InChI=1S/C29H32N4O13P2/c1-42-21-10-5-7-19(15-21)22-17-33-25(31-22)12-13-32(29(33)37)26-16-23(45-28(36)30-20-8-3-2-4-9-20)24(44-26)18-43-48(40,41)46-47(38,39)14-6-11-27(34)35/h2-5,7-10,12-13,15,17,23-24,26H,6,11,14,16,18H2,1H3,(H,30,36)(H,34,35)(H,38,39)(H,40,41)/t23-,24+,26+/m0/s1. The molecule has 19 heteroatoms. The summed E-state index contributed by atoms with van der Waals surface area (Å²) in [7, 11) is -8.39. The molecule has 0 radical (unpaired) electrons. The lowest BCUT2D eigenvalue weighted by atomic mass is 10.1. The summed E-state index contributed by atoms with van der Waals surface area (Å²) in [5, 5.41) is 11.3. The lowest BCUT2D eigenvalue weighted by molar-refractivity contribution is -0.137. The molecule has 1 fully saturated rings. The second-order valence-corrected chi connectivity index (χ2v) is 14.2. The van der Waals surface area contributed by atoms with Gasteiger partial charge in [0.15, 0.2) is 0 Å². The van der Waals surface area contributed by atoms with Crippen LogP contribution in [0.5, 0.6) is 5.75 Å². The first kappa shape index (κ1) is 35.0. The van der Waals surface area contributed by atoms with Crippen molar-refractivity contribution in [2.75, 3.05) is 25.2 Å². The number of amides is 1. The molecule has 48 heavy (non-hydrogen) atoms. The number of anilines is 1. The Bertz CT molecular complexity index is 1930. The van der Waals surface area contributed by atoms with Crippen LogP contribution < -0.4 is 15.7 Å². The lowest BCUT2D eigenvalue weighted by Crippen LogP contribution is -2.32. The molecule has 1 aliphatic heterocycles. The van der Waals surface area contributed by atoms with Crippen LogP contribution in [0.4, 0.5) is 10.5 Å². The topological polar surface area (TPSA) is 226 Å². The van der Waals surface area contributed by atoms with Crippen molar-refractivity contribution in [3.63, 3.8) is 0 Å². The zero-order valence-electron chi connectivity index (χ0n) is 25.4. The molecule has 3 heterocycles. The first-order valence-electron chi connectivity index (χ1n) is 14.5. The predicted octanol–water partition coefficient (Wildman–Crippen LogP) is 4.26. The van der Waals surface area contributed by atoms with E-state index in [0.717, 1.165) is 0 Å². The molecule has 256 valence electrons. The first-order valence-corrected chi connectivity index (χ1v) is 17.7. The zero-order valence-corrected chi connectivity index (χ0v) is 27.1. The van der Waals surface area contributed by atoms with Gasteiger partial charge in [0, 0.05) is 36.5 Å². The molecule has 2 aromatic heterocycles. The highest BCUT2D eigenvalue weighted by Gasteiger charge is 2.42. The van der Waals surface area contributed by atoms with Crippen molar-refractivity contribution in [3.05, 3.63) is 83.5 Å². The van der Waals surface area contributed by atoms with Crippen LogP contribution >= 0.6 is 15.4 Å². The van der Waals surface area contributed by atoms with Gasteiger partial charge >= 0.3 is 33.2 Å². The molecule has 0 spiro atoms. The molecule has 0 saturated carbocycles. The minimum Gasteiger partial charge on any atom is -0.497 e. The van der Waals surface area contributed by atoms with Crippen molar-refractivity contribution in [1.29, 1.82) is 0 Å². The van der Waals surface area contributed by atoms with Gasteiger partial charge in [0.2, 0.25) is 0 Å². The van der Waals surface area contributed by atoms with Gasteiger partial charge in [-0.25, -0.2) is 23.4 Å². The SMILES string of the molecule is COc1cccc(-c2cn3c(=O)n([C@H]4C[C@H](OC(=O)Nc5ccccc5)[C@@H](COP(=O)(O)OP(=O)(O)CCCC(=O)O)O4)ccc3n2)c1. The van der Waals surface area contributed by atoms with E-state index in [9.17, 15) is 33.3 Å². The minimum absolute atomic E-state index is 0.0939. The Kier molecular flexibility index (Phi) is 10.8. The number of rotatable bonds is 14. The molecule has 1 saturated heterocycles. The van der Waals surface area contributed by atoms with Gasteiger partial charge in [0.25, 0.3) is 0 Å². The Morgan fingerprint density at radius 3 is 2.60 bits per heavy atom. The number of carbonyl (C=O) groups excluding carboxylic acids is 1. The van der Waals surface area contributed by atoms with E-state index in [-0.39, 0.29) is 12.8 Å². The summed E-state index contributed by atoms with van der Waals surface area (Å²) in [6.45, 7) is -0.759. The number of carboxylic acids is 1. The number of phosphoric ester groups is 1. The summed E-state index contributed by atoms with van der Waals surface area (Å²) in [5.41, 5.74) is 1.43. The molecule has 2 aromatic carbocycles. The Balaban J connectivity index is 1.34. The maximum atomic E-state index is 13.6. The third-order valence-electron chi connectivity index (χ3n) is 7.14. The average molecular weight is 707 g/mol. The molecule has 5 rings (SSSR count). The summed E-state index contributed by atoms with van der Waals surface area (Å²) in [5.74, 6) is -0.618. The van der Waals surface area contributed by atoms with E-state index in [4.69, 9.17) is 23.8 Å². The van der Waals surface area contributed by atoms with E-state index in [1.807, 2.05) is 6.07 Å². The Labute approximate surface area is 272 Å². The second kappa shape index (κ2) is 14.8. The minimum atomic E-state index is -5.20. The van der Waals surface area contributed by atoms with Crippen LogP contribution in [-0.4, -0.2) is 73.0 Å². The van der Waals surface area contributed by atoms with Gasteiger partial charge in [0.1, 0.15) is 29.8 Å². The number of nitrogens with one attached hydrogen (secondary N) is 1. The van der Waals surface area contributed by atoms with Crippen LogP contribution in [-0.2, 0) is 32.2 Å². The fraction of sp³-hybridized carbons (Fsp3) is 0.310. The number of hydrogen-bond donors (Lipinski definition) is 4. The number of imidazole rings is 1. The van der Waals surface area contributed by atoms with Gasteiger partial charge in [-0.15, -0.1) is 0 Å². The highest BCUT2D eigenvalue weighted by molar-refractivity contribution is 7.64. The maximum absolute atomic E-state index is 13.6. The Hall–Kier alpha value is -4.34. The van der Waals surface area contributed by atoms with Crippen LogP contribution in [0.15, 0.2) is 77.9 Å². The van der Waals surface area contributed by atoms with Crippen molar-refractivity contribution in [3.8, 4) is 17.0 Å². The van der Waals surface area contributed by atoms with Gasteiger partial charge in [0.05, 0.1) is 25.6 Å². The van der Waals surface area contributed by atoms with Gasteiger partial charge in [-0.2, -0.15) is 0 Å². The quantitative estimate of drug-likeness (QED) is 0.134. The Morgan fingerprint density at radius 2 is 1.88 bits per heavy atom. The maximum Gasteiger partial charge on any atom is 0.479 e. The van der Waals surface area contributed by atoms with E-state index in [2.05, 4.69) is 14.6 Å². The molecule has 2 unspecified atom stereocenters. The number of nitrogens with zero attached hydrogens (tertiary/aromatic N) is 3. The number of ether oxygens (including phenoxy) is 3. The van der Waals surface area contributed by atoms with E-state index in [1.54, 1.807) is 60.8 Å². The number of carbonyl (C=O) groups is 2. The summed E-state index contributed by atoms with van der Waals surface area (Å²) < 4.78 is 53.6. The van der Waals surface area contributed by atoms with Crippen LogP contribution in [0.25, 0.3) is 16.9 Å². The molecule has 17 nitrogen and oxygen atoms in total. The normalized spacial score (nSPS) is 20.1. The summed E-state index contributed by atoms with van der Waals surface area (Å²) in [6, 6.07) is 17.1. The van der Waals surface area contributed by atoms with Crippen LogP contribution in [0, 0.1) is 0 Å². The predicted molar refractivity (Wildman–Crippen MR) is 169 cm³/mol. The second-order valence-electron chi connectivity index (χ2n) is 10.6. The fourth-order valence-electron chi connectivity index (χ4n) is 4.92. The van der Waals surface area contributed by atoms with E-state index >= 15 is 0 Å². The monoisotopic (exact) mass is 706 g/mol. The first-order chi connectivity index (χ1) is 22.8. The van der Waals surface area contributed by atoms with Crippen LogP contribution in [0.3, 0.4) is 0 Å². The summed E-state index contributed by atoms with van der Waals surface area (Å²) in [6.07, 6.45) is -2.89. The highest BCUT2D eigenvalue weighted by Crippen LogP contribution is 2.60. The molecule has 1 amide bonds. The number of methoxy groups -OCH3 is 1. The molecule has 1 aliphatic rings. The number of hydrogen-bond acceptors (Lipinski definition) is 11. The zero-order chi connectivity index (χ0) is 34.5. The highest BCUT2D eigenvalue weighted by atomic mass is 31.3. The number of carboxylic acid groups (broad SMARTS) is 1. The van der Waals surface area contributed by atoms with Crippen LogP contribution in [0.1, 0.15) is 25.5 Å². The van der Waals surface area contributed by atoms with Gasteiger partial charge in [-0.05, 0) is 36.8 Å². The number of phosphoric acid groups is 1. The van der Waals surface area contributed by atoms with Gasteiger partial charge < -0.3 is 29.1 Å². The number of aromatic nitrogens is 3. The third-order valence-corrected chi connectivity index (χ3v) is 10.3. The smallest absolute Gasteiger partial charge is 0.479 e. The van der Waals surface area contributed by atoms with E-state index in [0.29, 0.717) is 28.3 Å². The number of fused-ring (bicyclic) bond motifs is 1. The number of aliphatic carboxylic acids is 1. The molecule has 4 aromatic rings. The van der Waals surface area contributed by atoms with Crippen molar-refractivity contribution in [2.45, 2.75) is 37.7 Å². The third kappa shape index (κ3) is 8.96. The summed E-state index contributed by atoms with van der Waals surface area (Å²) >= 11 is 0. The largest absolute Gasteiger partial charge is 0.497 e.